The standard InChI is InChI=1S/C17H15F2NO4S/c18-11-6-7-13(14(19)10-11)16(21)20-15(17(22)23)8-9-25(24)12-4-2-1-3-5-12/h1-7,10,15H,8-9H2,(H,20,21)(H,22,23)/t15-,25+/m1/s1. The van der Waals surface area contributed by atoms with E-state index in [-0.39, 0.29) is 12.2 Å². The first-order chi connectivity index (χ1) is 11.9. The minimum atomic E-state index is -1.43. The number of halogens is 2. The molecule has 0 radical (unpaired) electrons. The van der Waals surface area contributed by atoms with Gasteiger partial charge in [-0.15, -0.1) is 0 Å². The van der Waals surface area contributed by atoms with E-state index in [9.17, 15) is 27.7 Å². The van der Waals surface area contributed by atoms with Crippen molar-refractivity contribution in [3.8, 4) is 0 Å². The average molecular weight is 367 g/mol. The molecule has 0 saturated carbocycles. The third-order valence-corrected chi connectivity index (χ3v) is 4.78. The Morgan fingerprint density at radius 1 is 1.12 bits per heavy atom. The van der Waals surface area contributed by atoms with E-state index in [0.717, 1.165) is 12.1 Å². The molecule has 0 aliphatic carbocycles. The number of carboxylic acids is 1. The van der Waals surface area contributed by atoms with Crippen molar-refractivity contribution >= 4 is 22.7 Å². The van der Waals surface area contributed by atoms with Crippen molar-refractivity contribution in [2.45, 2.75) is 17.4 Å². The van der Waals surface area contributed by atoms with Crippen LogP contribution >= 0.6 is 0 Å². The average Bonchev–Trinajstić information content (AvgIpc) is 2.58. The Morgan fingerprint density at radius 2 is 1.80 bits per heavy atom. The second-order valence-corrected chi connectivity index (χ2v) is 6.71. The lowest BCUT2D eigenvalue weighted by Gasteiger charge is -2.14. The monoisotopic (exact) mass is 367 g/mol. The SMILES string of the molecule is O=C(N[C@H](CC[S@](=O)c1ccccc1)C(=O)O)c1ccc(F)cc1F. The van der Waals surface area contributed by atoms with Crippen molar-refractivity contribution in [1.82, 2.24) is 5.32 Å². The Hall–Kier alpha value is -2.61. The van der Waals surface area contributed by atoms with Gasteiger partial charge in [-0.05, 0) is 30.7 Å². The molecule has 0 spiro atoms. The highest BCUT2D eigenvalue weighted by atomic mass is 32.2. The van der Waals surface area contributed by atoms with Gasteiger partial charge in [0.25, 0.3) is 5.91 Å². The van der Waals surface area contributed by atoms with Gasteiger partial charge in [-0.1, -0.05) is 18.2 Å². The van der Waals surface area contributed by atoms with Gasteiger partial charge in [0.05, 0.1) is 16.4 Å². The number of hydrogen-bond donors (Lipinski definition) is 2. The molecule has 2 aromatic carbocycles. The molecule has 2 N–H and O–H groups in total. The van der Waals surface area contributed by atoms with Crippen LogP contribution < -0.4 is 5.32 Å². The molecule has 0 aliphatic rings. The second-order valence-electron chi connectivity index (χ2n) is 5.14. The van der Waals surface area contributed by atoms with Crippen molar-refractivity contribution in [1.29, 1.82) is 0 Å². The van der Waals surface area contributed by atoms with E-state index < -0.39 is 45.9 Å². The number of carbonyl (C=O) groups excluding carboxylic acids is 1. The largest absolute Gasteiger partial charge is 0.480 e. The zero-order valence-electron chi connectivity index (χ0n) is 12.9. The van der Waals surface area contributed by atoms with Crippen LogP contribution in [-0.4, -0.2) is 33.0 Å². The lowest BCUT2D eigenvalue weighted by atomic mass is 10.1. The normalized spacial score (nSPS) is 13.0. The summed E-state index contributed by atoms with van der Waals surface area (Å²) in [5.74, 6) is -4.24. The summed E-state index contributed by atoms with van der Waals surface area (Å²) in [5, 5.41) is 11.4. The second kappa shape index (κ2) is 8.48. The quantitative estimate of drug-likeness (QED) is 0.787. The molecular weight excluding hydrogens is 352 g/mol. The summed E-state index contributed by atoms with van der Waals surface area (Å²) in [6.45, 7) is 0. The van der Waals surface area contributed by atoms with Crippen LogP contribution in [0.15, 0.2) is 53.4 Å². The first-order valence-corrected chi connectivity index (χ1v) is 8.62. The predicted molar refractivity (Wildman–Crippen MR) is 87.6 cm³/mol. The van der Waals surface area contributed by atoms with E-state index in [2.05, 4.69) is 5.32 Å². The van der Waals surface area contributed by atoms with Crippen LogP contribution in [0.2, 0.25) is 0 Å². The van der Waals surface area contributed by atoms with Gasteiger partial charge >= 0.3 is 5.97 Å². The third-order valence-electron chi connectivity index (χ3n) is 3.38. The number of nitrogens with one attached hydrogen (secondary N) is 1. The Labute approximate surface area is 145 Å². The van der Waals surface area contributed by atoms with Gasteiger partial charge in [-0.3, -0.25) is 9.00 Å². The maximum atomic E-state index is 13.6. The molecule has 2 aromatic rings. The van der Waals surface area contributed by atoms with Crippen LogP contribution in [0.5, 0.6) is 0 Å². The summed E-state index contributed by atoms with van der Waals surface area (Å²) >= 11 is 0. The molecule has 0 fully saturated rings. The van der Waals surface area contributed by atoms with Gasteiger partial charge in [-0.25, -0.2) is 13.6 Å². The molecule has 2 rings (SSSR count). The van der Waals surface area contributed by atoms with Crippen LogP contribution in [0.4, 0.5) is 8.78 Å². The van der Waals surface area contributed by atoms with Gasteiger partial charge in [0.2, 0.25) is 0 Å². The molecule has 0 aromatic heterocycles. The molecule has 2 atom stereocenters. The minimum Gasteiger partial charge on any atom is -0.480 e. The molecule has 25 heavy (non-hydrogen) atoms. The first kappa shape index (κ1) is 18.7. The summed E-state index contributed by atoms with van der Waals surface area (Å²) in [6.07, 6.45) is -0.106. The molecule has 8 heteroatoms. The fourth-order valence-electron chi connectivity index (χ4n) is 2.08. The number of carbonyl (C=O) groups is 2. The fourth-order valence-corrected chi connectivity index (χ4v) is 3.23. The predicted octanol–water partition coefficient (Wildman–Crippen LogP) is 2.35. The van der Waals surface area contributed by atoms with Crippen LogP contribution in [0.3, 0.4) is 0 Å². The van der Waals surface area contributed by atoms with Crippen LogP contribution in [0.25, 0.3) is 0 Å². The number of benzene rings is 2. The van der Waals surface area contributed by atoms with Crippen molar-refractivity contribution in [2.75, 3.05) is 5.75 Å². The first-order valence-electron chi connectivity index (χ1n) is 7.30. The minimum absolute atomic E-state index is 0.00710. The van der Waals surface area contributed by atoms with Crippen LogP contribution in [-0.2, 0) is 15.6 Å². The molecule has 5 nitrogen and oxygen atoms in total. The van der Waals surface area contributed by atoms with Crippen molar-refractivity contribution in [3.05, 3.63) is 65.7 Å². The van der Waals surface area contributed by atoms with Gasteiger partial charge in [0.15, 0.2) is 0 Å². The smallest absolute Gasteiger partial charge is 0.326 e. The Morgan fingerprint density at radius 3 is 2.40 bits per heavy atom. The molecule has 0 aliphatic heterocycles. The highest BCUT2D eigenvalue weighted by molar-refractivity contribution is 7.85. The Kier molecular flexibility index (Phi) is 6.35. The number of hydrogen-bond acceptors (Lipinski definition) is 3. The summed E-state index contributed by atoms with van der Waals surface area (Å²) in [5.41, 5.74) is -0.461. The van der Waals surface area contributed by atoms with Crippen LogP contribution in [0, 0.1) is 11.6 Å². The Balaban J connectivity index is 2.02. The van der Waals surface area contributed by atoms with Crippen LogP contribution in [0.1, 0.15) is 16.8 Å². The van der Waals surface area contributed by atoms with E-state index in [0.29, 0.717) is 11.0 Å². The zero-order valence-corrected chi connectivity index (χ0v) is 13.8. The molecular formula is C17H15F2NO4S. The van der Waals surface area contributed by atoms with Gasteiger partial charge < -0.3 is 10.4 Å². The fraction of sp³-hybridized carbons (Fsp3) is 0.176. The summed E-state index contributed by atoms with van der Waals surface area (Å²) in [6, 6.07) is 9.51. The summed E-state index contributed by atoms with van der Waals surface area (Å²) < 4.78 is 38.6. The lowest BCUT2D eigenvalue weighted by molar-refractivity contribution is -0.139. The van der Waals surface area contributed by atoms with E-state index in [1.54, 1.807) is 30.3 Å². The van der Waals surface area contributed by atoms with E-state index in [4.69, 9.17) is 0 Å². The molecule has 0 heterocycles. The number of carboxylic acid groups (broad SMARTS) is 1. The van der Waals surface area contributed by atoms with E-state index in [1.165, 1.54) is 0 Å². The van der Waals surface area contributed by atoms with Crippen molar-refractivity contribution in [2.24, 2.45) is 0 Å². The highest BCUT2D eigenvalue weighted by Gasteiger charge is 2.23. The van der Waals surface area contributed by atoms with E-state index in [1.807, 2.05) is 0 Å². The van der Waals surface area contributed by atoms with Gasteiger partial charge in [-0.2, -0.15) is 0 Å². The molecule has 0 unspecified atom stereocenters. The number of rotatable bonds is 7. The Bertz CT molecular complexity index is 798. The van der Waals surface area contributed by atoms with Gasteiger partial charge in [0, 0.05) is 16.7 Å². The summed E-state index contributed by atoms with van der Waals surface area (Å²) in [4.78, 5) is 23.8. The summed E-state index contributed by atoms with van der Waals surface area (Å²) in [7, 11) is -1.43. The highest BCUT2D eigenvalue weighted by Crippen LogP contribution is 2.11. The zero-order chi connectivity index (χ0) is 18.4. The molecule has 0 saturated heterocycles. The number of amides is 1. The molecule has 1 amide bonds. The maximum Gasteiger partial charge on any atom is 0.326 e. The topological polar surface area (TPSA) is 83.5 Å². The lowest BCUT2D eigenvalue weighted by Crippen LogP contribution is -2.42. The third kappa shape index (κ3) is 5.18. The van der Waals surface area contributed by atoms with Crippen molar-refractivity contribution in [3.63, 3.8) is 0 Å². The van der Waals surface area contributed by atoms with Gasteiger partial charge in [0.1, 0.15) is 17.7 Å². The maximum absolute atomic E-state index is 13.6. The molecule has 0 bridgehead atoms. The molecule has 132 valence electrons. The van der Waals surface area contributed by atoms with Crippen molar-refractivity contribution < 1.29 is 27.7 Å². The van der Waals surface area contributed by atoms with E-state index >= 15 is 0 Å². The number of aliphatic carboxylic acids is 1.